The van der Waals surface area contributed by atoms with Gasteiger partial charge < -0.3 is 5.73 Å². The lowest BCUT2D eigenvalue weighted by molar-refractivity contribution is 0.274. The summed E-state index contributed by atoms with van der Waals surface area (Å²) in [6.45, 7) is 2.82. The van der Waals surface area contributed by atoms with Crippen LogP contribution in [0.5, 0.6) is 0 Å². The molecule has 0 saturated heterocycles. The molecular weight excluding hydrogens is 329 g/mol. The SMILES string of the molecule is CC(CCN)N1Cc2ccccc2N(c2ccc(F)cc2)S1(O)O. The van der Waals surface area contributed by atoms with E-state index in [1.807, 2.05) is 31.2 Å². The molecule has 24 heavy (non-hydrogen) atoms. The fraction of sp³-hybridized carbons (Fsp3) is 0.294. The molecule has 0 aromatic heterocycles. The normalized spacial score (nSPS) is 19.6. The van der Waals surface area contributed by atoms with E-state index in [0.717, 1.165) is 11.3 Å². The van der Waals surface area contributed by atoms with E-state index in [1.165, 1.54) is 16.4 Å². The van der Waals surface area contributed by atoms with Gasteiger partial charge in [0.05, 0.1) is 11.4 Å². The zero-order chi connectivity index (χ0) is 17.3. The second-order valence-corrected chi connectivity index (χ2v) is 7.70. The molecule has 1 atom stereocenters. The van der Waals surface area contributed by atoms with Gasteiger partial charge in [-0.05, 0) is 66.7 Å². The van der Waals surface area contributed by atoms with Gasteiger partial charge in [0.15, 0.2) is 0 Å². The molecule has 0 bridgehead atoms. The molecule has 1 aliphatic heterocycles. The van der Waals surface area contributed by atoms with Crippen molar-refractivity contribution in [1.82, 2.24) is 4.31 Å². The highest BCUT2D eigenvalue weighted by Gasteiger charge is 2.40. The van der Waals surface area contributed by atoms with E-state index in [9.17, 15) is 13.5 Å². The van der Waals surface area contributed by atoms with Crippen molar-refractivity contribution in [2.45, 2.75) is 25.9 Å². The van der Waals surface area contributed by atoms with Crippen molar-refractivity contribution in [3.05, 3.63) is 59.9 Å². The molecule has 0 aliphatic carbocycles. The van der Waals surface area contributed by atoms with Gasteiger partial charge in [-0.1, -0.05) is 18.2 Å². The zero-order valence-corrected chi connectivity index (χ0v) is 14.3. The van der Waals surface area contributed by atoms with Crippen LogP contribution in [-0.2, 0) is 6.54 Å². The van der Waals surface area contributed by atoms with Gasteiger partial charge >= 0.3 is 0 Å². The molecule has 0 saturated carbocycles. The molecule has 1 heterocycles. The standard InChI is InChI=1S/C17H22FN3O2S/c1-13(10-11-19)20-12-14-4-2-3-5-17(14)21(24(20,22)23)16-8-6-15(18)7-9-16/h2-9,13,22-23H,10-12,19H2,1H3. The Morgan fingerprint density at radius 2 is 1.83 bits per heavy atom. The molecule has 2 aromatic carbocycles. The molecule has 1 aliphatic rings. The minimum Gasteiger partial charge on any atom is -0.330 e. The molecule has 1 unspecified atom stereocenters. The number of hydrogen-bond acceptors (Lipinski definition) is 5. The van der Waals surface area contributed by atoms with Gasteiger partial charge in [0, 0.05) is 12.6 Å². The lowest BCUT2D eigenvalue weighted by Crippen LogP contribution is -2.46. The summed E-state index contributed by atoms with van der Waals surface area (Å²) in [5.74, 6) is -0.367. The highest BCUT2D eigenvalue weighted by molar-refractivity contribution is 8.23. The number of anilines is 2. The van der Waals surface area contributed by atoms with E-state index in [1.54, 1.807) is 16.4 Å². The van der Waals surface area contributed by atoms with Crippen LogP contribution >= 0.6 is 11.0 Å². The first-order valence-corrected chi connectivity index (χ1v) is 9.30. The summed E-state index contributed by atoms with van der Waals surface area (Å²) in [4.78, 5) is 0. The summed E-state index contributed by atoms with van der Waals surface area (Å²) in [7, 11) is -3.28. The summed E-state index contributed by atoms with van der Waals surface area (Å²) in [5.41, 5.74) is 7.89. The quantitative estimate of drug-likeness (QED) is 0.773. The molecule has 0 spiro atoms. The van der Waals surface area contributed by atoms with Crippen LogP contribution in [0.2, 0.25) is 0 Å². The van der Waals surface area contributed by atoms with Crippen molar-refractivity contribution >= 4 is 22.3 Å². The number of rotatable bonds is 4. The van der Waals surface area contributed by atoms with Crippen molar-refractivity contribution < 1.29 is 13.5 Å². The maximum Gasteiger partial charge on any atom is 0.123 e. The first-order chi connectivity index (χ1) is 11.4. The van der Waals surface area contributed by atoms with Gasteiger partial charge in [-0.25, -0.2) is 8.70 Å². The lowest BCUT2D eigenvalue weighted by atomic mass is 10.1. The minimum absolute atomic E-state index is 0.101. The fourth-order valence-corrected chi connectivity index (χ4v) is 4.93. The van der Waals surface area contributed by atoms with Crippen molar-refractivity contribution in [3.63, 3.8) is 0 Å². The summed E-state index contributed by atoms with van der Waals surface area (Å²) in [6.07, 6.45) is 0.648. The predicted octanol–water partition coefficient (Wildman–Crippen LogP) is 4.10. The molecule has 4 N–H and O–H groups in total. The van der Waals surface area contributed by atoms with Crippen LogP contribution in [0.1, 0.15) is 18.9 Å². The molecular formula is C17H22FN3O2S. The van der Waals surface area contributed by atoms with Crippen LogP contribution in [0.15, 0.2) is 48.5 Å². The third-order valence-electron chi connectivity index (χ3n) is 4.23. The molecule has 0 radical (unpaired) electrons. The van der Waals surface area contributed by atoms with Crippen LogP contribution < -0.4 is 10.0 Å². The van der Waals surface area contributed by atoms with Gasteiger partial charge in [0.2, 0.25) is 0 Å². The largest absolute Gasteiger partial charge is 0.330 e. The Morgan fingerprint density at radius 3 is 2.50 bits per heavy atom. The Balaban J connectivity index is 2.11. The average molecular weight is 351 g/mol. The molecule has 2 aromatic rings. The van der Waals surface area contributed by atoms with Crippen LogP contribution in [-0.4, -0.2) is 26.0 Å². The first kappa shape index (κ1) is 17.2. The summed E-state index contributed by atoms with van der Waals surface area (Å²) >= 11 is 0. The maximum atomic E-state index is 13.3. The third-order valence-corrected chi connectivity index (χ3v) is 6.25. The monoisotopic (exact) mass is 351 g/mol. The molecule has 3 rings (SSSR count). The third kappa shape index (κ3) is 3.01. The number of para-hydroxylation sites is 1. The van der Waals surface area contributed by atoms with Crippen molar-refractivity contribution in [2.75, 3.05) is 10.8 Å². The molecule has 7 heteroatoms. The van der Waals surface area contributed by atoms with Gasteiger partial charge in [0.25, 0.3) is 0 Å². The highest BCUT2D eigenvalue weighted by atomic mass is 32.3. The predicted molar refractivity (Wildman–Crippen MR) is 96.5 cm³/mol. The lowest BCUT2D eigenvalue weighted by Gasteiger charge is -2.55. The van der Waals surface area contributed by atoms with Crippen molar-refractivity contribution in [2.24, 2.45) is 5.73 Å². The van der Waals surface area contributed by atoms with Crippen LogP contribution in [0.25, 0.3) is 0 Å². The van der Waals surface area contributed by atoms with E-state index in [-0.39, 0.29) is 11.9 Å². The number of benzene rings is 2. The first-order valence-electron chi connectivity index (χ1n) is 7.84. The zero-order valence-electron chi connectivity index (χ0n) is 13.5. The van der Waals surface area contributed by atoms with E-state index in [0.29, 0.717) is 25.2 Å². The molecule has 0 fully saturated rings. The molecule has 0 amide bonds. The fourth-order valence-electron chi connectivity index (χ4n) is 2.97. The number of nitrogens with two attached hydrogens (primary N) is 1. The number of fused-ring (bicyclic) bond motifs is 1. The van der Waals surface area contributed by atoms with Crippen molar-refractivity contribution in [1.29, 1.82) is 0 Å². The smallest absolute Gasteiger partial charge is 0.123 e. The number of hydrogen-bond donors (Lipinski definition) is 3. The van der Waals surface area contributed by atoms with Crippen LogP contribution in [0, 0.1) is 5.82 Å². The number of nitrogens with zero attached hydrogens (tertiary/aromatic N) is 2. The van der Waals surface area contributed by atoms with E-state index in [2.05, 4.69) is 0 Å². The summed E-state index contributed by atoms with van der Waals surface area (Å²) in [6, 6.07) is 13.2. The van der Waals surface area contributed by atoms with E-state index < -0.39 is 11.0 Å². The Hall–Kier alpha value is -1.64. The Bertz CT molecular complexity index is 711. The van der Waals surface area contributed by atoms with Crippen molar-refractivity contribution in [3.8, 4) is 0 Å². The van der Waals surface area contributed by atoms with Gasteiger partial charge in [-0.2, -0.15) is 4.31 Å². The van der Waals surface area contributed by atoms with Gasteiger partial charge in [0.1, 0.15) is 5.82 Å². The molecule has 130 valence electrons. The maximum absolute atomic E-state index is 13.3. The Morgan fingerprint density at radius 1 is 1.17 bits per heavy atom. The second kappa shape index (κ2) is 6.70. The van der Waals surface area contributed by atoms with E-state index >= 15 is 0 Å². The van der Waals surface area contributed by atoms with Gasteiger partial charge in [-0.3, -0.25) is 9.11 Å². The van der Waals surface area contributed by atoms with Crippen LogP contribution in [0.3, 0.4) is 0 Å². The van der Waals surface area contributed by atoms with E-state index in [4.69, 9.17) is 5.73 Å². The topological polar surface area (TPSA) is 73.0 Å². The summed E-state index contributed by atoms with van der Waals surface area (Å²) in [5, 5.41) is 0. The Labute approximate surface area is 143 Å². The van der Waals surface area contributed by atoms with Gasteiger partial charge in [-0.15, -0.1) is 0 Å². The minimum atomic E-state index is -3.28. The highest BCUT2D eigenvalue weighted by Crippen LogP contribution is 2.59. The van der Waals surface area contributed by atoms with Crippen LogP contribution in [0.4, 0.5) is 15.8 Å². The molecule has 5 nitrogen and oxygen atoms in total. The summed E-state index contributed by atoms with van der Waals surface area (Å²) < 4.78 is 38.5. The average Bonchev–Trinajstić information content (AvgIpc) is 2.55. The number of halogens is 1. The Kier molecular flexibility index (Phi) is 4.80. The second-order valence-electron chi connectivity index (χ2n) is 5.89.